The van der Waals surface area contributed by atoms with E-state index in [9.17, 15) is 4.79 Å². The van der Waals surface area contributed by atoms with Crippen LogP contribution in [-0.2, 0) is 11.3 Å². The number of allylic oxidation sites excluding steroid dienone is 1. The van der Waals surface area contributed by atoms with E-state index in [1.807, 2.05) is 35.8 Å². The summed E-state index contributed by atoms with van der Waals surface area (Å²) in [6, 6.07) is 7.40. The van der Waals surface area contributed by atoms with Gasteiger partial charge in [0.2, 0.25) is 5.91 Å². The molecule has 0 radical (unpaired) electrons. The van der Waals surface area contributed by atoms with E-state index in [4.69, 9.17) is 11.6 Å². The number of thioether (sulfide) groups is 1. The third kappa shape index (κ3) is 3.69. The molecule has 0 bridgehead atoms. The smallest absolute Gasteiger partial charge is 0.233 e. The van der Waals surface area contributed by atoms with E-state index >= 15 is 0 Å². The molecular weight excluding hydrogens is 320 g/mol. The van der Waals surface area contributed by atoms with Gasteiger partial charge in [0.1, 0.15) is 0 Å². The molecule has 0 aliphatic rings. The highest BCUT2D eigenvalue weighted by Crippen LogP contribution is 2.27. The topological polar surface area (TPSA) is 59.8 Å². The van der Waals surface area contributed by atoms with Crippen molar-refractivity contribution in [3.05, 3.63) is 41.9 Å². The number of hydrogen-bond acceptors (Lipinski definition) is 4. The first-order valence-corrected chi connectivity index (χ1v) is 8.01. The molecule has 0 fully saturated rings. The van der Waals surface area contributed by atoms with E-state index in [-0.39, 0.29) is 11.2 Å². The summed E-state index contributed by atoms with van der Waals surface area (Å²) >= 11 is 7.28. The lowest BCUT2D eigenvalue weighted by molar-refractivity contribution is -0.119. The molecule has 1 aromatic carbocycles. The number of aromatic nitrogens is 3. The highest BCUT2D eigenvalue weighted by Gasteiger charge is 2.19. The molecule has 2 rings (SSSR count). The highest BCUT2D eigenvalue weighted by atomic mass is 35.5. The lowest BCUT2D eigenvalue weighted by Gasteiger charge is -2.11. The Labute approximate surface area is 138 Å². The van der Waals surface area contributed by atoms with Crippen molar-refractivity contribution in [3.8, 4) is 11.4 Å². The van der Waals surface area contributed by atoms with Crippen molar-refractivity contribution >= 4 is 29.3 Å². The predicted octanol–water partition coefficient (Wildman–Crippen LogP) is 3.01. The van der Waals surface area contributed by atoms with Gasteiger partial charge in [0.15, 0.2) is 11.0 Å². The lowest BCUT2D eigenvalue weighted by Crippen LogP contribution is -2.27. The fourth-order valence-electron chi connectivity index (χ4n) is 1.90. The Morgan fingerprint density at radius 1 is 1.45 bits per heavy atom. The van der Waals surface area contributed by atoms with Gasteiger partial charge in [-0.2, -0.15) is 0 Å². The van der Waals surface area contributed by atoms with Crippen LogP contribution >= 0.6 is 23.4 Å². The van der Waals surface area contributed by atoms with Crippen LogP contribution in [0.25, 0.3) is 11.4 Å². The predicted molar refractivity (Wildman–Crippen MR) is 90.1 cm³/mol. The second-order valence-corrected chi connectivity index (χ2v) is 6.33. The third-order valence-electron chi connectivity index (χ3n) is 3.03. The largest absolute Gasteiger partial charge is 0.358 e. The van der Waals surface area contributed by atoms with Crippen LogP contribution in [0.5, 0.6) is 0 Å². The maximum Gasteiger partial charge on any atom is 0.233 e. The SMILES string of the molecule is C=CCn1c(SC(C)C(=O)NC)nnc1-c1ccc(Cl)cc1. The summed E-state index contributed by atoms with van der Waals surface area (Å²) in [5.41, 5.74) is 0.915. The molecule has 1 heterocycles. The number of carbonyl (C=O) groups is 1. The fraction of sp³-hybridized carbons (Fsp3) is 0.267. The van der Waals surface area contributed by atoms with Gasteiger partial charge >= 0.3 is 0 Å². The number of rotatable bonds is 6. The average Bonchev–Trinajstić information content (AvgIpc) is 2.90. The zero-order valence-electron chi connectivity index (χ0n) is 12.4. The second-order valence-electron chi connectivity index (χ2n) is 4.59. The molecule has 1 atom stereocenters. The molecule has 1 aromatic heterocycles. The van der Waals surface area contributed by atoms with Crippen molar-refractivity contribution in [2.24, 2.45) is 0 Å². The molecule has 0 aliphatic heterocycles. The van der Waals surface area contributed by atoms with Crippen LogP contribution in [0.3, 0.4) is 0 Å². The minimum absolute atomic E-state index is 0.0498. The van der Waals surface area contributed by atoms with Crippen LogP contribution in [0, 0.1) is 0 Å². The van der Waals surface area contributed by atoms with Gasteiger partial charge in [0, 0.05) is 24.2 Å². The highest BCUT2D eigenvalue weighted by molar-refractivity contribution is 8.00. The Morgan fingerprint density at radius 2 is 2.14 bits per heavy atom. The van der Waals surface area contributed by atoms with E-state index in [2.05, 4.69) is 22.1 Å². The van der Waals surface area contributed by atoms with Crippen LogP contribution in [0.4, 0.5) is 0 Å². The van der Waals surface area contributed by atoms with Crippen molar-refractivity contribution in [2.45, 2.75) is 23.9 Å². The van der Waals surface area contributed by atoms with Crippen molar-refractivity contribution in [1.29, 1.82) is 0 Å². The van der Waals surface area contributed by atoms with Gasteiger partial charge in [-0.25, -0.2) is 0 Å². The quantitative estimate of drug-likeness (QED) is 0.650. The maximum absolute atomic E-state index is 11.7. The molecule has 116 valence electrons. The first-order chi connectivity index (χ1) is 10.6. The minimum Gasteiger partial charge on any atom is -0.358 e. The molecule has 5 nitrogen and oxygen atoms in total. The average molecular weight is 337 g/mol. The molecule has 22 heavy (non-hydrogen) atoms. The molecule has 1 N–H and O–H groups in total. The summed E-state index contributed by atoms with van der Waals surface area (Å²) in [4.78, 5) is 11.7. The first kappa shape index (κ1) is 16.6. The number of nitrogens with zero attached hydrogens (tertiary/aromatic N) is 3. The Kier molecular flexibility index (Phi) is 5.63. The maximum atomic E-state index is 11.7. The summed E-state index contributed by atoms with van der Waals surface area (Å²) < 4.78 is 1.93. The number of amides is 1. The van der Waals surface area contributed by atoms with E-state index < -0.39 is 0 Å². The second kappa shape index (κ2) is 7.47. The lowest BCUT2D eigenvalue weighted by atomic mass is 10.2. The standard InChI is InChI=1S/C15H17ClN4OS/c1-4-9-20-13(11-5-7-12(16)8-6-11)18-19-15(20)22-10(2)14(21)17-3/h4-8,10H,1,9H2,2-3H3,(H,17,21). The van der Waals surface area contributed by atoms with Crippen LogP contribution in [0.15, 0.2) is 42.1 Å². The van der Waals surface area contributed by atoms with Gasteiger partial charge in [-0.1, -0.05) is 29.4 Å². The van der Waals surface area contributed by atoms with Gasteiger partial charge in [0.05, 0.1) is 5.25 Å². The first-order valence-electron chi connectivity index (χ1n) is 6.75. The molecule has 0 saturated carbocycles. The fourth-order valence-corrected chi connectivity index (χ4v) is 2.94. The van der Waals surface area contributed by atoms with Crippen molar-refractivity contribution in [3.63, 3.8) is 0 Å². The minimum atomic E-state index is -0.254. The molecule has 0 aliphatic carbocycles. The van der Waals surface area contributed by atoms with E-state index in [0.717, 1.165) is 11.4 Å². The van der Waals surface area contributed by atoms with E-state index in [1.165, 1.54) is 11.8 Å². The molecule has 0 saturated heterocycles. The number of hydrogen-bond donors (Lipinski definition) is 1. The number of nitrogens with one attached hydrogen (secondary N) is 1. The van der Waals surface area contributed by atoms with Crippen molar-refractivity contribution in [1.82, 2.24) is 20.1 Å². The van der Waals surface area contributed by atoms with Crippen LogP contribution in [-0.4, -0.2) is 33.0 Å². The molecule has 2 aromatic rings. The van der Waals surface area contributed by atoms with Crippen LogP contribution in [0.2, 0.25) is 5.02 Å². The van der Waals surface area contributed by atoms with Gasteiger partial charge in [-0.05, 0) is 31.2 Å². The monoisotopic (exact) mass is 336 g/mol. The van der Waals surface area contributed by atoms with Crippen molar-refractivity contribution in [2.75, 3.05) is 7.05 Å². The Morgan fingerprint density at radius 3 is 2.73 bits per heavy atom. The van der Waals surface area contributed by atoms with Gasteiger partial charge in [0.25, 0.3) is 0 Å². The van der Waals surface area contributed by atoms with Crippen molar-refractivity contribution < 1.29 is 4.79 Å². The normalized spacial score (nSPS) is 12.0. The summed E-state index contributed by atoms with van der Waals surface area (Å²) in [5, 5.41) is 12.2. The Bertz CT molecular complexity index is 669. The Hall–Kier alpha value is -1.79. The summed E-state index contributed by atoms with van der Waals surface area (Å²) in [6.07, 6.45) is 1.78. The summed E-state index contributed by atoms with van der Waals surface area (Å²) in [7, 11) is 1.62. The van der Waals surface area contributed by atoms with Gasteiger partial charge < -0.3 is 5.32 Å². The summed E-state index contributed by atoms with van der Waals surface area (Å²) in [5.74, 6) is 0.675. The van der Waals surface area contributed by atoms with E-state index in [0.29, 0.717) is 16.7 Å². The molecule has 0 spiro atoms. The van der Waals surface area contributed by atoms with Crippen LogP contribution < -0.4 is 5.32 Å². The molecule has 1 amide bonds. The summed E-state index contributed by atoms with van der Waals surface area (Å²) in [6.45, 7) is 6.16. The number of benzene rings is 1. The Balaban J connectivity index is 2.34. The third-order valence-corrected chi connectivity index (χ3v) is 4.36. The number of halogens is 1. The number of carbonyl (C=O) groups excluding carboxylic acids is 1. The van der Waals surface area contributed by atoms with Gasteiger partial charge in [-0.15, -0.1) is 16.8 Å². The molecular formula is C15H17ClN4OS. The molecule has 1 unspecified atom stereocenters. The molecule has 7 heteroatoms. The van der Waals surface area contributed by atoms with Crippen LogP contribution in [0.1, 0.15) is 6.92 Å². The zero-order valence-corrected chi connectivity index (χ0v) is 14.0. The van der Waals surface area contributed by atoms with Gasteiger partial charge in [-0.3, -0.25) is 9.36 Å². The van der Waals surface area contributed by atoms with E-state index in [1.54, 1.807) is 13.1 Å². The zero-order chi connectivity index (χ0) is 16.1.